The zero-order valence-corrected chi connectivity index (χ0v) is 15.3. The normalized spacial score (nSPS) is 25.2. The van der Waals surface area contributed by atoms with Crippen molar-refractivity contribution in [1.29, 1.82) is 0 Å². The van der Waals surface area contributed by atoms with Gasteiger partial charge in [-0.05, 0) is 36.5 Å². The molecular formula is C20H38F2. The maximum atomic E-state index is 12.7. The van der Waals surface area contributed by atoms with Gasteiger partial charge >= 0.3 is 0 Å². The minimum atomic E-state index is -2.36. The van der Waals surface area contributed by atoms with E-state index in [4.69, 9.17) is 0 Å². The van der Waals surface area contributed by atoms with Gasteiger partial charge in [-0.3, -0.25) is 0 Å². The second-order valence-corrected chi connectivity index (χ2v) is 8.07. The number of rotatable bonds is 3. The molecule has 0 spiro atoms. The highest BCUT2D eigenvalue weighted by atomic mass is 19.3. The van der Waals surface area contributed by atoms with Crippen LogP contribution in [-0.4, -0.2) is 5.92 Å². The van der Waals surface area contributed by atoms with Crippen molar-refractivity contribution in [2.24, 2.45) is 23.7 Å². The van der Waals surface area contributed by atoms with Crippen molar-refractivity contribution in [3.63, 3.8) is 0 Å². The lowest BCUT2D eigenvalue weighted by molar-refractivity contribution is -0.0515. The van der Waals surface area contributed by atoms with Gasteiger partial charge in [-0.2, -0.15) is 0 Å². The molecule has 0 aromatic heterocycles. The van der Waals surface area contributed by atoms with Crippen LogP contribution in [0.25, 0.3) is 0 Å². The highest BCUT2D eigenvalue weighted by molar-refractivity contribution is 4.79. The third kappa shape index (κ3) is 7.42. The predicted octanol–water partition coefficient (Wildman–Crippen LogP) is 7.47. The van der Waals surface area contributed by atoms with Gasteiger partial charge in [0.05, 0.1) is 0 Å². The van der Waals surface area contributed by atoms with E-state index in [9.17, 15) is 8.78 Å². The summed E-state index contributed by atoms with van der Waals surface area (Å²) >= 11 is 0. The fourth-order valence-electron chi connectivity index (χ4n) is 3.94. The largest absolute Gasteiger partial charge is 0.248 e. The molecule has 0 bridgehead atoms. The van der Waals surface area contributed by atoms with Gasteiger partial charge in [0.15, 0.2) is 0 Å². The van der Waals surface area contributed by atoms with E-state index >= 15 is 0 Å². The third-order valence-electron chi connectivity index (χ3n) is 6.05. The SMILES string of the molecule is CC(C)C1CCCCCC1.CCC(C)C1CCC(F)(F)CC1. The van der Waals surface area contributed by atoms with Crippen LogP contribution in [0.5, 0.6) is 0 Å². The van der Waals surface area contributed by atoms with Crippen LogP contribution in [0.1, 0.15) is 98.3 Å². The monoisotopic (exact) mass is 316 g/mol. The van der Waals surface area contributed by atoms with Crippen molar-refractivity contribution in [1.82, 2.24) is 0 Å². The van der Waals surface area contributed by atoms with Crippen LogP contribution >= 0.6 is 0 Å². The Labute approximate surface area is 137 Å². The molecule has 2 aliphatic rings. The third-order valence-corrected chi connectivity index (χ3v) is 6.05. The Hall–Kier alpha value is -0.140. The zero-order chi connectivity index (χ0) is 16.6. The van der Waals surface area contributed by atoms with Crippen molar-refractivity contribution >= 4 is 0 Å². The summed E-state index contributed by atoms with van der Waals surface area (Å²) in [5.41, 5.74) is 0. The van der Waals surface area contributed by atoms with Gasteiger partial charge in [-0.25, -0.2) is 8.78 Å². The second kappa shape index (κ2) is 9.88. The van der Waals surface area contributed by atoms with E-state index in [1.807, 2.05) is 0 Å². The second-order valence-electron chi connectivity index (χ2n) is 8.07. The summed E-state index contributed by atoms with van der Waals surface area (Å²) in [6.07, 6.45) is 11.7. The molecule has 1 unspecified atom stereocenters. The predicted molar refractivity (Wildman–Crippen MR) is 92.4 cm³/mol. The van der Waals surface area contributed by atoms with Crippen molar-refractivity contribution in [3.8, 4) is 0 Å². The molecule has 0 aromatic carbocycles. The summed E-state index contributed by atoms with van der Waals surface area (Å²) in [5.74, 6) is 0.792. The summed E-state index contributed by atoms with van der Waals surface area (Å²) in [5, 5.41) is 0. The standard InChI is InChI=1S/C10H18F2.C10H20/c1-3-8(2)9-4-6-10(11,12)7-5-9;1-9(2)10-7-5-3-4-6-8-10/h8-9H,3-7H2,1-2H3;9-10H,3-8H2,1-2H3. The number of hydrogen-bond donors (Lipinski definition) is 0. The molecule has 2 rings (SSSR count). The van der Waals surface area contributed by atoms with Crippen LogP contribution < -0.4 is 0 Å². The van der Waals surface area contributed by atoms with E-state index in [1.165, 1.54) is 38.5 Å². The molecular weight excluding hydrogens is 278 g/mol. The van der Waals surface area contributed by atoms with E-state index in [-0.39, 0.29) is 12.8 Å². The lowest BCUT2D eigenvalue weighted by Crippen LogP contribution is -2.27. The number of halogens is 2. The maximum absolute atomic E-state index is 12.7. The minimum absolute atomic E-state index is 0.113. The maximum Gasteiger partial charge on any atom is 0.248 e. The minimum Gasteiger partial charge on any atom is -0.207 e. The number of hydrogen-bond acceptors (Lipinski definition) is 0. The number of alkyl halides is 2. The molecule has 0 saturated heterocycles. The average Bonchev–Trinajstić information content (AvgIpc) is 2.76. The first kappa shape index (κ1) is 19.9. The quantitative estimate of drug-likeness (QED) is 0.474. The van der Waals surface area contributed by atoms with E-state index in [0.29, 0.717) is 11.8 Å². The van der Waals surface area contributed by atoms with Gasteiger partial charge in [0.2, 0.25) is 5.92 Å². The van der Waals surface area contributed by atoms with Crippen molar-refractivity contribution in [3.05, 3.63) is 0 Å². The molecule has 1 atom stereocenters. The molecule has 2 saturated carbocycles. The Kier molecular flexibility index (Phi) is 8.94. The lowest BCUT2D eigenvalue weighted by atomic mass is 9.78. The van der Waals surface area contributed by atoms with Crippen LogP contribution in [0, 0.1) is 23.7 Å². The molecule has 0 nitrogen and oxygen atoms in total. The summed E-state index contributed by atoms with van der Waals surface area (Å²) in [6, 6.07) is 0. The Morgan fingerprint density at radius 2 is 1.32 bits per heavy atom. The van der Waals surface area contributed by atoms with E-state index in [2.05, 4.69) is 27.7 Å². The fourth-order valence-corrected chi connectivity index (χ4v) is 3.94. The van der Waals surface area contributed by atoms with Crippen LogP contribution in [-0.2, 0) is 0 Å². The molecule has 0 amide bonds. The summed E-state index contributed by atoms with van der Waals surface area (Å²) in [4.78, 5) is 0. The highest BCUT2D eigenvalue weighted by Crippen LogP contribution is 2.39. The molecule has 2 fully saturated rings. The first-order valence-electron chi connectivity index (χ1n) is 9.73. The molecule has 0 heterocycles. The van der Waals surface area contributed by atoms with Crippen molar-refractivity contribution in [2.45, 2.75) is 104 Å². The van der Waals surface area contributed by atoms with Gasteiger partial charge in [0, 0.05) is 12.8 Å². The van der Waals surface area contributed by atoms with Crippen LogP contribution in [0.15, 0.2) is 0 Å². The van der Waals surface area contributed by atoms with E-state index in [1.54, 1.807) is 0 Å². The molecule has 0 aromatic rings. The molecule has 0 aliphatic heterocycles. The highest BCUT2D eigenvalue weighted by Gasteiger charge is 2.35. The Morgan fingerprint density at radius 3 is 1.73 bits per heavy atom. The van der Waals surface area contributed by atoms with Gasteiger partial charge in [-0.15, -0.1) is 0 Å². The molecule has 132 valence electrons. The smallest absolute Gasteiger partial charge is 0.207 e. The van der Waals surface area contributed by atoms with Gasteiger partial charge in [0.25, 0.3) is 0 Å². The van der Waals surface area contributed by atoms with Crippen LogP contribution in [0.4, 0.5) is 8.78 Å². The Balaban J connectivity index is 0.000000224. The summed E-state index contributed by atoms with van der Waals surface area (Å²) < 4.78 is 25.5. The first-order chi connectivity index (χ1) is 10.4. The van der Waals surface area contributed by atoms with Crippen molar-refractivity contribution in [2.75, 3.05) is 0 Å². The zero-order valence-electron chi connectivity index (χ0n) is 15.3. The van der Waals surface area contributed by atoms with E-state index < -0.39 is 5.92 Å². The first-order valence-corrected chi connectivity index (χ1v) is 9.73. The summed E-state index contributed by atoms with van der Waals surface area (Å²) in [6.45, 7) is 9.05. The van der Waals surface area contributed by atoms with Gasteiger partial charge in [-0.1, -0.05) is 72.6 Å². The average molecular weight is 317 g/mol. The van der Waals surface area contributed by atoms with Crippen molar-refractivity contribution < 1.29 is 8.78 Å². The Bertz CT molecular complexity index is 267. The molecule has 0 radical (unpaired) electrons. The lowest BCUT2D eigenvalue weighted by Gasteiger charge is -2.31. The van der Waals surface area contributed by atoms with E-state index in [0.717, 1.165) is 31.1 Å². The molecule has 2 aliphatic carbocycles. The molecule has 2 heteroatoms. The fraction of sp³-hybridized carbons (Fsp3) is 1.00. The molecule has 22 heavy (non-hydrogen) atoms. The summed E-state index contributed by atoms with van der Waals surface area (Å²) in [7, 11) is 0. The van der Waals surface area contributed by atoms with Crippen LogP contribution in [0.2, 0.25) is 0 Å². The van der Waals surface area contributed by atoms with Gasteiger partial charge in [0.1, 0.15) is 0 Å². The topological polar surface area (TPSA) is 0 Å². The van der Waals surface area contributed by atoms with Crippen LogP contribution in [0.3, 0.4) is 0 Å². The Morgan fingerprint density at radius 1 is 0.818 bits per heavy atom. The van der Waals surface area contributed by atoms with Gasteiger partial charge < -0.3 is 0 Å². The molecule has 0 N–H and O–H groups in total.